The van der Waals surface area contributed by atoms with Gasteiger partial charge in [-0.3, -0.25) is 0 Å². The second kappa shape index (κ2) is 10.1. The van der Waals surface area contributed by atoms with Crippen LogP contribution < -0.4 is 5.32 Å². The molecule has 0 aliphatic carbocycles. The van der Waals surface area contributed by atoms with E-state index in [1.807, 2.05) is 0 Å². The number of nitrogens with one attached hydrogen (secondary N) is 1. The van der Waals surface area contributed by atoms with Crippen LogP contribution >= 0.6 is 0 Å². The standard InChI is InChI=1S/C15H33N/c1-6-9-14(10-7-2)15(12-13(4)5)16-11-8-3/h13-16H,6-12H2,1-5H3. The molecule has 0 saturated carbocycles. The number of hydrogen-bond acceptors (Lipinski definition) is 1. The van der Waals surface area contributed by atoms with Crippen molar-refractivity contribution in [2.45, 2.75) is 79.2 Å². The van der Waals surface area contributed by atoms with Crippen molar-refractivity contribution in [1.82, 2.24) is 5.32 Å². The molecule has 0 spiro atoms. The van der Waals surface area contributed by atoms with E-state index in [4.69, 9.17) is 0 Å². The summed E-state index contributed by atoms with van der Waals surface area (Å²) in [5.41, 5.74) is 0. The lowest BCUT2D eigenvalue weighted by atomic mass is 9.85. The largest absolute Gasteiger partial charge is 0.314 e. The molecule has 0 saturated heterocycles. The molecule has 1 N–H and O–H groups in total. The Morgan fingerprint density at radius 1 is 0.875 bits per heavy atom. The molecule has 1 heteroatoms. The van der Waals surface area contributed by atoms with Crippen molar-refractivity contribution in [2.24, 2.45) is 11.8 Å². The fourth-order valence-corrected chi connectivity index (χ4v) is 2.57. The van der Waals surface area contributed by atoms with E-state index in [-0.39, 0.29) is 0 Å². The Morgan fingerprint density at radius 2 is 1.44 bits per heavy atom. The van der Waals surface area contributed by atoms with Gasteiger partial charge in [0.25, 0.3) is 0 Å². The zero-order valence-electron chi connectivity index (χ0n) is 12.2. The maximum Gasteiger partial charge on any atom is 0.00977 e. The fourth-order valence-electron chi connectivity index (χ4n) is 2.57. The predicted molar refractivity (Wildman–Crippen MR) is 74.8 cm³/mol. The highest BCUT2D eigenvalue weighted by Gasteiger charge is 2.20. The van der Waals surface area contributed by atoms with E-state index >= 15 is 0 Å². The van der Waals surface area contributed by atoms with Gasteiger partial charge in [0.2, 0.25) is 0 Å². The third-order valence-corrected chi connectivity index (χ3v) is 3.27. The fraction of sp³-hybridized carbons (Fsp3) is 1.00. The molecule has 0 aromatic carbocycles. The Morgan fingerprint density at radius 3 is 1.81 bits per heavy atom. The number of hydrogen-bond donors (Lipinski definition) is 1. The lowest BCUT2D eigenvalue weighted by molar-refractivity contribution is 0.274. The van der Waals surface area contributed by atoms with Gasteiger partial charge >= 0.3 is 0 Å². The van der Waals surface area contributed by atoms with Crippen LogP contribution in [0.2, 0.25) is 0 Å². The number of rotatable bonds is 10. The molecule has 0 fully saturated rings. The molecule has 0 aromatic rings. The minimum absolute atomic E-state index is 0.750. The Labute approximate surface area is 103 Å². The van der Waals surface area contributed by atoms with E-state index < -0.39 is 0 Å². The van der Waals surface area contributed by atoms with E-state index in [2.05, 4.69) is 39.9 Å². The molecule has 0 bridgehead atoms. The van der Waals surface area contributed by atoms with Crippen LogP contribution in [0.15, 0.2) is 0 Å². The summed E-state index contributed by atoms with van der Waals surface area (Å²) >= 11 is 0. The predicted octanol–water partition coefficient (Wildman–Crippen LogP) is 4.62. The summed E-state index contributed by atoms with van der Waals surface area (Å²) in [5, 5.41) is 3.77. The Balaban J connectivity index is 4.26. The second-order valence-electron chi connectivity index (χ2n) is 5.53. The molecule has 0 rings (SSSR count). The van der Waals surface area contributed by atoms with Crippen molar-refractivity contribution in [3.8, 4) is 0 Å². The van der Waals surface area contributed by atoms with Crippen LogP contribution in [-0.4, -0.2) is 12.6 Å². The van der Waals surface area contributed by atoms with E-state index in [1.54, 1.807) is 0 Å². The van der Waals surface area contributed by atoms with Gasteiger partial charge < -0.3 is 5.32 Å². The Kier molecular flexibility index (Phi) is 10.1. The summed E-state index contributed by atoms with van der Waals surface area (Å²) in [6.07, 6.45) is 8.02. The summed E-state index contributed by atoms with van der Waals surface area (Å²) in [6.45, 7) is 12.8. The van der Waals surface area contributed by atoms with E-state index in [1.165, 1.54) is 45.1 Å². The molecule has 1 unspecified atom stereocenters. The van der Waals surface area contributed by atoms with Gasteiger partial charge in [-0.05, 0) is 44.1 Å². The van der Waals surface area contributed by atoms with Crippen LogP contribution in [0.25, 0.3) is 0 Å². The van der Waals surface area contributed by atoms with Gasteiger partial charge in [0, 0.05) is 6.04 Å². The lowest BCUT2D eigenvalue weighted by Crippen LogP contribution is -2.37. The normalized spacial score (nSPS) is 13.7. The molecular formula is C15H33N. The molecule has 0 aliphatic rings. The first-order valence-corrected chi connectivity index (χ1v) is 7.38. The van der Waals surface area contributed by atoms with Gasteiger partial charge in [-0.2, -0.15) is 0 Å². The monoisotopic (exact) mass is 227 g/mol. The van der Waals surface area contributed by atoms with Gasteiger partial charge in [0.15, 0.2) is 0 Å². The average Bonchev–Trinajstić information content (AvgIpc) is 2.23. The van der Waals surface area contributed by atoms with Crippen LogP contribution in [0.3, 0.4) is 0 Å². The zero-order valence-corrected chi connectivity index (χ0v) is 12.2. The molecule has 1 atom stereocenters. The lowest BCUT2D eigenvalue weighted by Gasteiger charge is -2.29. The summed E-state index contributed by atoms with van der Waals surface area (Å²) in [6, 6.07) is 0.750. The van der Waals surface area contributed by atoms with Crippen LogP contribution in [0.1, 0.15) is 73.1 Å². The Hall–Kier alpha value is -0.0400. The second-order valence-corrected chi connectivity index (χ2v) is 5.53. The van der Waals surface area contributed by atoms with Crippen LogP contribution in [0.4, 0.5) is 0 Å². The van der Waals surface area contributed by atoms with Gasteiger partial charge in [-0.25, -0.2) is 0 Å². The SMILES string of the molecule is CCCNC(CC(C)C)C(CCC)CCC. The molecule has 1 nitrogen and oxygen atoms in total. The van der Waals surface area contributed by atoms with Crippen molar-refractivity contribution in [1.29, 1.82) is 0 Å². The van der Waals surface area contributed by atoms with Crippen molar-refractivity contribution in [3.05, 3.63) is 0 Å². The molecular weight excluding hydrogens is 194 g/mol. The molecule has 0 heterocycles. The van der Waals surface area contributed by atoms with Crippen molar-refractivity contribution in [3.63, 3.8) is 0 Å². The molecule has 0 aromatic heterocycles. The van der Waals surface area contributed by atoms with Crippen molar-refractivity contribution < 1.29 is 0 Å². The van der Waals surface area contributed by atoms with E-state index in [9.17, 15) is 0 Å². The summed E-state index contributed by atoms with van der Waals surface area (Å²) in [7, 11) is 0. The highest BCUT2D eigenvalue weighted by Crippen LogP contribution is 2.22. The van der Waals surface area contributed by atoms with E-state index in [0.717, 1.165) is 17.9 Å². The van der Waals surface area contributed by atoms with Crippen molar-refractivity contribution >= 4 is 0 Å². The van der Waals surface area contributed by atoms with E-state index in [0.29, 0.717) is 0 Å². The van der Waals surface area contributed by atoms with Crippen LogP contribution in [-0.2, 0) is 0 Å². The van der Waals surface area contributed by atoms with Crippen LogP contribution in [0, 0.1) is 11.8 Å². The third kappa shape index (κ3) is 7.27. The van der Waals surface area contributed by atoms with Crippen molar-refractivity contribution in [2.75, 3.05) is 6.54 Å². The maximum atomic E-state index is 3.77. The average molecular weight is 227 g/mol. The maximum absolute atomic E-state index is 3.77. The molecule has 0 radical (unpaired) electrons. The summed E-state index contributed by atoms with van der Waals surface area (Å²) in [4.78, 5) is 0. The zero-order chi connectivity index (χ0) is 12.4. The molecule has 98 valence electrons. The van der Waals surface area contributed by atoms with Crippen LogP contribution in [0.5, 0.6) is 0 Å². The third-order valence-electron chi connectivity index (χ3n) is 3.27. The Bertz CT molecular complexity index is 136. The summed E-state index contributed by atoms with van der Waals surface area (Å²) < 4.78 is 0. The van der Waals surface area contributed by atoms with Gasteiger partial charge in [0.05, 0.1) is 0 Å². The smallest absolute Gasteiger partial charge is 0.00977 e. The first kappa shape index (κ1) is 16.0. The first-order chi connectivity index (χ1) is 7.65. The molecule has 16 heavy (non-hydrogen) atoms. The summed E-state index contributed by atoms with van der Waals surface area (Å²) in [5.74, 6) is 1.70. The molecule has 0 amide bonds. The first-order valence-electron chi connectivity index (χ1n) is 7.38. The topological polar surface area (TPSA) is 12.0 Å². The molecule has 0 aliphatic heterocycles. The van der Waals surface area contributed by atoms with Gasteiger partial charge in [-0.1, -0.05) is 47.5 Å². The minimum atomic E-state index is 0.750. The highest BCUT2D eigenvalue weighted by atomic mass is 14.9. The van der Waals surface area contributed by atoms with Gasteiger partial charge in [-0.15, -0.1) is 0 Å². The quantitative estimate of drug-likeness (QED) is 0.574. The highest BCUT2D eigenvalue weighted by molar-refractivity contribution is 4.77. The minimum Gasteiger partial charge on any atom is -0.314 e. The van der Waals surface area contributed by atoms with Gasteiger partial charge in [0.1, 0.15) is 0 Å².